The molecule has 0 aromatic carbocycles. The first-order chi connectivity index (χ1) is 18.3. The summed E-state index contributed by atoms with van der Waals surface area (Å²) < 4.78 is 0. The summed E-state index contributed by atoms with van der Waals surface area (Å²) in [7, 11) is 0. The molecule has 2 aliphatic rings. The molecule has 0 spiro atoms. The molecule has 0 bridgehead atoms. The summed E-state index contributed by atoms with van der Waals surface area (Å²) in [4.78, 5) is 0. The van der Waals surface area contributed by atoms with Crippen molar-refractivity contribution in [3.63, 3.8) is 0 Å². The minimum atomic E-state index is 0.469. The number of hydrogen-bond acceptors (Lipinski definition) is 0. The van der Waals surface area contributed by atoms with Gasteiger partial charge in [0.05, 0.1) is 0 Å². The van der Waals surface area contributed by atoms with Gasteiger partial charge in [-0.15, -0.1) is 0 Å². The van der Waals surface area contributed by atoms with Gasteiger partial charge in [0.1, 0.15) is 0 Å². The summed E-state index contributed by atoms with van der Waals surface area (Å²) in [6, 6.07) is 0. The van der Waals surface area contributed by atoms with E-state index in [0.29, 0.717) is 10.8 Å². The van der Waals surface area contributed by atoms with Gasteiger partial charge in [-0.25, -0.2) is 0 Å². The third-order valence-corrected chi connectivity index (χ3v) is 10.9. The number of rotatable bonds is 20. The molecule has 38 heavy (non-hydrogen) atoms. The van der Waals surface area contributed by atoms with Crippen LogP contribution in [0.4, 0.5) is 0 Å². The van der Waals surface area contributed by atoms with Crippen molar-refractivity contribution >= 4 is 0 Å². The van der Waals surface area contributed by atoms with Gasteiger partial charge in [-0.3, -0.25) is 0 Å². The Balaban J connectivity index is 2.26. The Labute approximate surface area is 242 Å². The summed E-state index contributed by atoms with van der Waals surface area (Å²) in [6.07, 6.45) is 36.1. The van der Waals surface area contributed by atoms with Crippen LogP contribution in [0.3, 0.4) is 0 Å². The van der Waals surface area contributed by atoms with Gasteiger partial charge in [0.2, 0.25) is 0 Å². The highest BCUT2D eigenvalue weighted by Crippen LogP contribution is 2.66. The molecule has 0 radical (unpaired) electrons. The molecule has 2 fully saturated rings. The first-order valence-corrected chi connectivity index (χ1v) is 18.0. The van der Waals surface area contributed by atoms with E-state index in [1.54, 1.807) is 18.4 Å². The first-order valence-electron chi connectivity index (χ1n) is 18.0. The van der Waals surface area contributed by atoms with Crippen molar-refractivity contribution in [1.29, 1.82) is 0 Å². The molecule has 0 unspecified atom stereocenters. The molecule has 0 N–H and O–H groups in total. The molecule has 0 amide bonds. The lowest BCUT2D eigenvalue weighted by Crippen LogP contribution is -2.57. The highest BCUT2D eigenvalue weighted by atomic mass is 14.6. The maximum absolute atomic E-state index is 2.82. The molecule has 2 aliphatic carbocycles. The average Bonchev–Trinajstić information content (AvgIpc) is 2.88. The van der Waals surface area contributed by atoms with Gasteiger partial charge in [-0.1, -0.05) is 144 Å². The van der Waals surface area contributed by atoms with Gasteiger partial charge < -0.3 is 0 Å². The van der Waals surface area contributed by atoms with Crippen LogP contribution >= 0.6 is 0 Å². The molecule has 0 saturated heterocycles. The van der Waals surface area contributed by atoms with Crippen molar-refractivity contribution in [3.8, 4) is 0 Å². The van der Waals surface area contributed by atoms with E-state index in [-0.39, 0.29) is 0 Å². The second kappa shape index (κ2) is 18.2. The number of allylic oxidation sites excluding steroid dienone is 2. The molecule has 0 nitrogen and oxygen atoms in total. The quantitative estimate of drug-likeness (QED) is 0.109. The monoisotopic (exact) mass is 529 g/mol. The van der Waals surface area contributed by atoms with E-state index in [4.69, 9.17) is 0 Å². The molecule has 0 aromatic heterocycles. The Morgan fingerprint density at radius 2 is 1.37 bits per heavy atom. The molecular formula is C38H72. The molecular weight excluding hydrogens is 456 g/mol. The van der Waals surface area contributed by atoms with Gasteiger partial charge in [0.15, 0.2) is 0 Å². The van der Waals surface area contributed by atoms with E-state index < -0.39 is 0 Å². The fourth-order valence-electron chi connectivity index (χ4n) is 8.92. The van der Waals surface area contributed by atoms with Crippen LogP contribution in [0.2, 0.25) is 0 Å². The largest absolute Gasteiger partial charge is 0.0850 e. The highest BCUT2D eigenvalue weighted by molar-refractivity contribution is 5.12. The maximum atomic E-state index is 2.82. The maximum Gasteiger partial charge on any atom is -0.0232 e. The van der Waals surface area contributed by atoms with Gasteiger partial charge in [-0.2, -0.15) is 0 Å². The lowest BCUT2D eigenvalue weighted by molar-refractivity contribution is -0.146. The second-order valence-corrected chi connectivity index (χ2v) is 15.2. The Kier molecular flexibility index (Phi) is 16.3. The Morgan fingerprint density at radius 3 is 1.97 bits per heavy atom. The van der Waals surface area contributed by atoms with Crippen molar-refractivity contribution in [1.82, 2.24) is 0 Å². The summed E-state index contributed by atoms with van der Waals surface area (Å²) in [6.45, 7) is 16.9. The van der Waals surface area contributed by atoms with Crippen LogP contribution in [0.25, 0.3) is 0 Å². The lowest BCUT2D eigenvalue weighted by Gasteiger charge is -2.64. The van der Waals surface area contributed by atoms with Gasteiger partial charge in [0.25, 0.3) is 0 Å². The number of unbranched alkanes of at least 4 members (excludes halogenated alkanes) is 4. The van der Waals surface area contributed by atoms with E-state index >= 15 is 0 Å². The summed E-state index contributed by atoms with van der Waals surface area (Å²) in [5.74, 6) is 4.02. The average molecular weight is 529 g/mol. The minimum Gasteiger partial charge on any atom is -0.0850 e. The van der Waals surface area contributed by atoms with E-state index in [1.807, 2.05) is 0 Å². The fourth-order valence-corrected chi connectivity index (χ4v) is 8.92. The standard InChI is InChI=1S/C38H72/c1-8-12-15-24-34-35(25-16-13-9-2)38(29-11-4,31-28-33-21-17-14-18-22-33)36(34)27-26-32(20-10-3)23-19-30-37(5,6)7/h26,33-36H,8-25,27-31H2,1-7H3/b32-26-/t34-,35+,36-,38-/m0/s1. The van der Waals surface area contributed by atoms with E-state index in [9.17, 15) is 0 Å². The zero-order valence-electron chi connectivity index (χ0n) is 27.7. The lowest BCUT2D eigenvalue weighted by atomic mass is 9.41. The van der Waals surface area contributed by atoms with E-state index in [1.165, 1.54) is 135 Å². The van der Waals surface area contributed by atoms with Crippen LogP contribution < -0.4 is 0 Å². The Hall–Kier alpha value is -0.260. The predicted octanol–water partition coefficient (Wildman–Crippen LogP) is 13.5. The molecule has 0 aliphatic heterocycles. The Bertz CT molecular complexity index is 614. The van der Waals surface area contributed by atoms with Crippen LogP contribution in [0.5, 0.6) is 0 Å². The van der Waals surface area contributed by atoms with Crippen molar-refractivity contribution in [3.05, 3.63) is 11.6 Å². The molecule has 0 heteroatoms. The fraction of sp³-hybridized carbons (Fsp3) is 0.947. The molecule has 2 saturated carbocycles. The van der Waals surface area contributed by atoms with Crippen molar-refractivity contribution < 1.29 is 0 Å². The normalized spacial score (nSPS) is 27.0. The summed E-state index contributed by atoms with van der Waals surface area (Å²) in [5, 5.41) is 0. The van der Waals surface area contributed by atoms with Crippen molar-refractivity contribution in [2.45, 2.75) is 196 Å². The molecule has 224 valence electrons. The smallest absolute Gasteiger partial charge is 0.0232 e. The van der Waals surface area contributed by atoms with Crippen molar-refractivity contribution in [2.24, 2.45) is 34.5 Å². The summed E-state index contributed by atoms with van der Waals surface area (Å²) >= 11 is 0. The van der Waals surface area contributed by atoms with Gasteiger partial charge in [-0.05, 0) is 98.7 Å². The van der Waals surface area contributed by atoms with Crippen molar-refractivity contribution in [2.75, 3.05) is 0 Å². The SMILES string of the molecule is CCCCC[C@H]1[C@@H](CCCCC)[C@](CCC)(CCC2CCCCC2)[C@H]1C/C=C(/CCC)CCCC(C)(C)C. The van der Waals surface area contributed by atoms with Gasteiger partial charge >= 0.3 is 0 Å². The molecule has 2 rings (SSSR count). The topological polar surface area (TPSA) is 0 Å². The predicted molar refractivity (Wildman–Crippen MR) is 173 cm³/mol. The van der Waals surface area contributed by atoms with Crippen LogP contribution in [0.15, 0.2) is 11.6 Å². The van der Waals surface area contributed by atoms with Gasteiger partial charge in [0, 0.05) is 0 Å². The highest BCUT2D eigenvalue weighted by Gasteiger charge is 2.58. The zero-order valence-corrected chi connectivity index (χ0v) is 27.7. The Morgan fingerprint density at radius 1 is 0.684 bits per heavy atom. The number of hydrogen-bond donors (Lipinski definition) is 0. The van der Waals surface area contributed by atoms with Crippen LogP contribution in [-0.4, -0.2) is 0 Å². The zero-order chi connectivity index (χ0) is 27.9. The molecule has 0 aromatic rings. The van der Waals surface area contributed by atoms with E-state index in [0.717, 1.165) is 23.7 Å². The second-order valence-electron chi connectivity index (χ2n) is 15.2. The third kappa shape index (κ3) is 11.0. The first kappa shape index (κ1) is 33.9. The summed E-state index contributed by atoms with van der Waals surface area (Å²) in [5.41, 5.74) is 2.92. The minimum absolute atomic E-state index is 0.469. The van der Waals surface area contributed by atoms with Crippen LogP contribution in [0.1, 0.15) is 196 Å². The van der Waals surface area contributed by atoms with Crippen LogP contribution in [-0.2, 0) is 0 Å². The molecule has 0 heterocycles. The molecule has 4 atom stereocenters. The van der Waals surface area contributed by atoms with Crippen LogP contribution in [0, 0.1) is 34.5 Å². The van der Waals surface area contributed by atoms with E-state index in [2.05, 4.69) is 54.5 Å². The third-order valence-electron chi connectivity index (χ3n) is 10.9.